The van der Waals surface area contributed by atoms with E-state index in [0.29, 0.717) is 0 Å². The molecule has 26 heavy (non-hydrogen) atoms. The van der Waals surface area contributed by atoms with Gasteiger partial charge in [0.05, 0.1) is 17.0 Å². The van der Waals surface area contributed by atoms with Crippen molar-refractivity contribution in [2.24, 2.45) is 0 Å². The molecule has 7 nitrogen and oxygen atoms in total. The summed E-state index contributed by atoms with van der Waals surface area (Å²) in [6, 6.07) is 7.52. The first-order valence-electron chi connectivity index (χ1n) is 7.93. The number of amides is 2. The molecule has 1 unspecified atom stereocenters. The fraction of sp³-hybridized carbons (Fsp3) is 0.353. The van der Waals surface area contributed by atoms with Crippen LogP contribution in [0.1, 0.15) is 19.8 Å². The Balaban J connectivity index is 2.16. The summed E-state index contributed by atoms with van der Waals surface area (Å²) in [6.07, 6.45) is 3.26. The van der Waals surface area contributed by atoms with Crippen LogP contribution in [0.5, 0.6) is 5.75 Å². The molecule has 1 aromatic rings. The highest BCUT2D eigenvalue weighted by Crippen LogP contribution is 2.31. The lowest BCUT2D eigenvalue weighted by atomic mass is 10.3. The molecule has 0 N–H and O–H groups in total. The SMILES string of the molecule is CCCSC1CC(=O)N(c2cccc(OS(=O)(=O)C/C=C/C#N)c2)C1=O. The van der Waals surface area contributed by atoms with Crippen molar-refractivity contribution in [1.29, 1.82) is 5.26 Å². The van der Waals surface area contributed by atoms with E-state index in [4.69, 9.17) is 9.44 Å². The second-order valence-corrected chi connectivity index (χ2v) is 8.39. The van der Waals surface area contributed by atoms with Gasteiger partial charge in [-0.1, -0.05) is 19.1 Å². The molecule has 1 atom stereocenters. The number of rotatable bonds is 8. The van der Waals surface area contributed by atoms with Gasteiger partial charge in [0.15, 0.2) is 0 Å². The van der Waals surface area contributed by atoms with E-state index >= 15 is 0 Å². The lowest BCUT2D eigenvalue weighted by Gasteiger charge is -2.16. The van der Waals surface area contributed by atoms with E-state index in [1.54, 1.807) is 12.1 Å². The third-order valence-corrected chi connectivity index (χ3v) is 5.88. The maximum Gasteiger partial charge on any atom is 0.312 e. The summed E-state index contributed by atoms with van der Waals surface area (Å²) in [6.45, 7) is 2.00. The van der Waals surface area contributed by atoms with Gasteiger partial charge in [0.25, 0.3) is 0 Å². The predicted molar refractivity (Wildman–Crippen MR) is 99.3 cm³/mol. The minimum absolute atomic E-state index is 0.00174. The van der Waals surface area contributed by atoms with Crippen LogP contribution in [0.3, 0.4) is 0 Å². The van der Waals surface area contributed by atoms with Crippen LogP contribution in [0.2, 0.25) is 0 Å². The number of nitriles is 1. The number of imide groups is 1. The zero-order chi connectivity index (χ0) is 19.2. The van der Waals surface area contributed by atoms with Crippen molar-refractivity contribution in [3.05, 3.63) is 36.4 Å². The van der Waals surface area contributed by atoms with Crippen molar-refractivity contribution in [2.75, 3.05) is 16.4 Å². The lowest BCUT2D eigenvalue weighted by Crippen LogP contribution is -2.31. The van der Waals surface area contributed by atoms with Crippen LogP contribution in [-0.4, -0.2) is 37.0 Å². The normalized spacial score (nSPS) is 17.7. The number of hydrogen-bond donors (Lipinski definition) is 0. The van der Waals surface area contributed by atoms with E-state index in [-0.39, 0.29) is 29.7 Å². The molecule has 2 amide bonds. The minimum atomic E-state index is -3.93. The maximum absolute atomic E-state index is 12.5. The van der Waals surface area contributed by atoms with Gasteiger partial charge >= 0.3 is 10.1 Å². The van der Waals surface area contributed by atoms with Gasteiger partial charge in [0.1, 0.15) is 11.5 Å². The Kier molecular flexibility index (Phi) is 6.83. The molecule has 0 aromatic heterocycles. The summed E-state index contributed by atoms with van der Waals surface area (Å²) in [5.41, 5.74) is 0.278. The molecule has 2 rings (SSSR count). The molecule has 1 aliphatic rings. The third kappa shape index (κ3) is 5.09. The molecule has 1 saturated heterocycles. The molecular formula is C17H18N2O5S2. The van der Waals surface area contributed by atoms with Gasteiger partial charge in [-0.25, -0.2) is 4.90 Å². The van der Waals surface area contributed by atoms with Crippen molar-refractivity contribution in [3.8, 4) is 11.8 Å². The molecule has 0 aliphatic carbocycles. The summed E-state index contributed by atoms with van der Waals surface area (Å²) in [5.74, 6) is -0.291. The average Bonchev–Trinajstić information content (AvgIpc) is 2.86. The molecule has 0 spiro atoms. The Morgan fingerprint density at radius 2 is 2.19 bits per heavy atom. The second-order valence-electron chi connectivity index (χ2n) is 5.47. The standard InChI is InChI=1S/C17H18N2O5S2/c1-2-9-25-15-12-16(20)19(17(15)21)13-6-5-7-14(11-13)24-26(22,23)10-4-3-8-18/h3-7,11,15H,2,9-10,12H2,1H3/b4-3+. The molecule has 1 heterocycles. The number of carbonyl (C=O) groups is 2. The van der Waals surface area contributed by atoms with Crippen LogP contribution in [-0.2, 0) is 19.7 Å². The molecule has 1 aromatic carbocycles. The van der Waals surface area contributed by atoms with Gasteiger partial charge in [0.2, 0.25) is 11.8 Å². The Morgan fingerprint density at radius 3 is 2.88 bits per heavy atom. The first-order valence-corrected chi connectivity index (χ1v) is 10.6. The van der Waals surface area contributed by atoms with E-state index in [9.17, 15) is 18.0 Å². The summed E-state index contributed by atoms with van der Waals surface area (Å²) < 4.78 is 28.7. The van der Waals surface area contributed by atoms with E-state index in [1.807, 2.05) is 6.92 Å². The quantitative estimate of drug-likeness (QED) is 0.378. The van der Waals surface area contributed by atoms with Gasteiger partial charge in [-0.3, -0.25) is 9.59 Å². The highest BCUT2D eigenvalue weighted by Gasteiger charge is 2.39. The molecule has 0 radical (unpaired) electrons. The van der Waals surface area contributed by atoms with Crippen LogP contribution in [0.15, 0.2) is 36.4 Å². The number of thioether (sulfide) groups is 1. The van der Waals surface area contributed by atoms with Crippen molar-refractivity contribution in [1.82, 2.24) is 0 Å². The van der Waals surface area contributed by atoms with E-state index in [1.165, 1.54) is 36.0 Å². The first-order chi connectivity index (χ1) is 12.4. The van der Waals surface area contributed by atoms with Gasteiger partial charge in [-0.2, -0.15) is 13.7 Å². The monoisotopic (exact) mass is 394 g/mol. The lowest BCUT2D eigenvalue weighted by molar-refractivity contribution is -0.121. The molecule has 1 aliphatic heterocycles. The van der Waals surface area contributed by atoms with Crippen LogP contribution in [0.25, 0.3) is 0 Å². The first kappa shape index (κ1) is 20.0. The Hall–Kier alpha value is -2.31. The fourth-order valence-corrected chi connectivity index (χ4v) is 4.16. The molecule has 0 bridgehead atoms. The molecule has 138 valence electrons. The highest BCUT2D eigenvalue weighted by molar-refractivity contribution is 8.00. The third-order valence-electron chi connectivity index (χ3n) is 3.42. The van der Waals surface area contributed by atoms with Crippen molar-refractivity contribution in [2.45, 2.75) is 25.0 Å². The van der Waals surface area contributed by atoms with Crippen LogP contribution < -0.4 is 9.08 Å². The van der Waals surface area contributed by atoms with Gasteiger partial charge in [-0.15, -0.1) is 11.8 Å². The second kappa shape index (κ2) is 8.87. The number of hydrogen-bond acceptors (Lipinski definition) is 7. The van der Waals surface area contributed by atoms with Crippen LogP contribution in [0, 0.1) is 11.3 Å². The largest absolute Gasteiger partial charge is 0.382 e. The number of anilines is 1. The molecule has 9 heteroatoms. The molecule has 1 fully saturated rings. The number of allylic oxidation sites excluding steroid dienone is 1. The average molecular weight is 394 g/mol. The van der Waals surface area contributed by atoms with Crippen LogP contribution in [0.4, 0.5) is 5.69 Å². The Morgan fingerprint density at radius 1 is 1.42 bits per heavy atom. The summed E-state index contributed by atoms with van der Waals surface area (Å²) >= 11 is 1.45. The fourth-order valence-electron chi connectivity index (χ4n) is 2.34. The van der Waals surface area contributed by atoms with E-state index < -0.39 is 21.1 Å². The molecular weight excluding hydrogens is 376 g/mol. The zero-order valence-corrected chi connectivity index (χ0v) is 15.8. The number of carbonyl (C=O) groups excluding carboxylic acids is 2. The Bertz CT molecular complexity index is 858. The van der Waals surface area contributed by atoms with Crippen LogP contribution >= 0.6 is 11.8 Å². The van der Waals surface area contributed by atoms with Crippen molar-refractivity contribution >= 4 is 39.4 Å². The highest BCUT2D eigenvalue weighted by atomic mass is 32.2. The van der Waals surface area contributed by atoms with E-state index in [0.717, 1.165) is 23.1 Å². The van der Waals surface area contributed by atoms with Crippen molar-refractivity contribution < 1.29 is 22.2 Å². The Labute approximate surface area is 156 Å². The van der Waals surface area contributed by atoms with Gasteiger partial charge in [0, 0.05) is 18.6 Å². The minimum Gasteiger partial charge on any atom is -0.382 e. The zero-order valence-electron chi connectivity index (χ0n) is 14.1. The maximum atomic E-state index is 12.5. The van der Waals surface area contributed by atoms with E-state index in [2.05, 4.69) is 0 Å². The molecule has 0 saturated carbocycles. The smallest absolute Gasteiger partial charge is 0.312 e. The van der Waals surface area contributed by atoms with Gasteiger partial charge < -0.3 is 4.18 Å². The van der Waals surface area contributed by atoms with Crippen molar-refractivity contribution in [3.63, 3.8) is 0 Å². The summed E-state index contributed by atoms with van der Waals surface area (Å²) in [5, 5.41) is 7.98. The van der Waals surface area contributed by atoms with Gasteiger partial charge in [-0.05, 0) is 24.3 Å². The predicted octanol–water partition coefficient (Wildman–Crippen LogP) is 2.25. The number of nitrogens with zero attached hydrogens (tertiary/aromatic N) is 2. The summed E-state index contributed by atoms with van der Waals surface area (Å²) in [4.78, 5) is 25.8. The summed E-state index contributed by atoms with van der Waals surface area (Å²) in [7, 11) is -3.93. The topological polar surface area (TPSA) is 105 Å². The number of benzene rings is 1.